The summed E-state index contributed by atoms with van der Waals surface area (Å²) in [5, 5.41) is 0.756. The fourth-order valence-electron chi connectivity index (χ4n) is 1.33. The maximum absolute atomic E-state index is 12.0. The third kappa shape index (κ3) is 3.89. The molecular formula is C12H13Cl2NO3. The molecule has 6 heteroatoms. The van der Waals surface area contributed by atoms with Gasteiger partial charge in [-0.05, 0) is 18.2 Å². The van der Waals surface area contributed by atoms with E-state index in [0.29, 0.717) is 10.6 Å². The molecule has 1 amide bonds. The van der Waals surface area contributed by atoms with Gasteiger partial charge in [0.15, 0.2) is 0 Å². The summed E-state index contributed by atoms with van der Waals surface area (Å²) in [4.78, 5) is 24.4. The van der Waals surface area contributed by atoms with Crippen molar-refractivity contribution in [2.75, 3.05) is 20.7 Å². The topological polar surface area (TPSA) is 46.6 Å². The highest BCUT2D eigenvalue weighted by Gasteiger charge is 2.16. The Morgan fingerprint density at radius 2 is 2.00 bits per heavy atom. The van der Waals surface area contributed by atoms with Gasteiger partial charge in [-0.3, -0.25) is 9.59 Å². The number of nitrogens with zero attached hydrogens (tertiary/aromatic N) is 1. The van der Waals surface area contributed by atoms with Crippen LogP contribution >= 0.6 is 23.2 Å². The molecule has 98 valence electrons. The first-order chi connectivity index (χ1) is 8.45. The van der Waals surface area contributed by atoms with Gasteiger partial charge in [-0.1, -0.05) is 23.2 Å². The van der Waals surface area contributed by atoms with Gasteiger partial charge in [-0.25, -0.2) is 0 Å². The minimum atomic E-state index is -0.364. The first-order valence-electron chi connectivity index (χ1n) is 5.23. The Hall–Kier alpha value is -1.26. The van der Waals surface area contributed by atoms with Crippen molar-refractivity contribution in [2.45, 2.75) is 6.42 Å². The maximum Gasteiger partial charge on any atom is 0.307 e. The summed E-state index contributed by atoms with van der Waals surface area (Å²) in [5.74, 6) is -0.627. The molecule has 0 fully saturated rings. The maximum atomic E-state index is 12.0. The quantitative estimate of drug-likeness (QED) is 0.801. The Balaban J connectivity index is 2.71. The molecule has 0 aliphatic heterocycles. The van der Waals surface area contributed by atoms with Crippen LogP contribution in [0.2, 0.25) is 10.0 Å². The molecule has 18 heavy (non-hydrogen) atoms. The number of benzene rings is 1. The molecule has 0 saturated carbocycles. The lowest BCUT2D eigenvalue weighted by molar-refractivity contribution is -0.140. The van der Waals surface area contributed by atoms with E-state index in [4.69, 9.17) is 23.2 Å². The second-order valence-electron chi connectivity index (χ2n) is 3.68. The van der Waals surface area contributed by atoms with Crippen molar-refractivity contribution in [2.24, 2.45) is 0 Å². The van der Waals surface area contributed by atoms with E-state index in [2.05, 4.69) is 4.74 Å². The van der Waals surface area contributed by atoms with Crippen LogP contribution in [-0.4, -0.2) is 37.5 Å². The fraction of sp³-hybridized carbons (Fsp3) is 0.333. The van der Waals surface area contributed by atoms with Crippen LogP contribution < -0.4 is 0 Å². The van der Waals surface area contributed by atoms with E-state index in [0.717, 1.165) is 0 Å². The number of rotatable bonds is 4. The van der Waals surface area contributed by atoms with E-state index in [1.807, 2.05) is 0 Å². The summed E-state index contributed by atoms with van der Waals surface area (Å²) < 4.78 is 4.51. The van der Waals surface area contributed by atoms with Gasteiger partial charge in [0.2, 0.25) is 0 Å². The average Bonchev–Trinajstić information content (AvgIpc) is 2.34. The van der Waals surface area contributed by atoms with Crippen molar-refractivity contribution in [3.63, 3.8) is 0 Å². The van der Waals surface area contributed by atoms with Crippen molar-refractivity contribution >= 4 is 35.1 Å². The van der Waals surface area contributed by atoms with Crippen LogP contribution in [0.15, 0.2) is 18.2 Å². The highest BCUT2D eigenvalue weighted by atomic mass is 35.5. The number of carbonyl (C=O) groups is 2. The van der Waals surface area contributed by atoms with Gasteiger partial charge < -0.3 is 9.64 Å². The summed E-state index contributed by atoms with van der Waals surface area (Å²) in [7, 11) is 2.90. The van der Waals surface area contributed by atoms with Crippen molar-refractivity contribution in [3.8, 4) is 0 Å². The number of ether oxygens (including phenoxy) is 1. The number of carbonyl (C=O) groups excluding carboxylic acids is 2. The third-order valence-electron chi connectivity index (χ3n) is 2.39. The first-order valence-corrected chi connectivity index (χ1v) is 5.98. The Kier molecular flexibility index (Phi) is 5.44. The van der Waals surface area contributed by atoms with E-state index in [1.54, 1.807) is 19.2 Å². The Morgan fingerprint density at radius 1 is 1.33 bits per heavy atom. The van der Waals surface area contributed by atoms with E-state index in [9.17, 15) is 9.59 Å². The number of hydrogen-bond acceptors (Lipinski definition) is 3. The molecule has 0 N–H and O–H groups in total. The summed E-state index contributed by atoms with van der Waals surface area (Å²) in [6.45, 7) is 0.268. The second kappa shape index (κ2) is 6.61. The number of halogens is 2. The SMILES string of the molecule is COC(=O)CCN(C)C(=O)c1ccc(Cl)cc1Cl. The molecule has 0 saturated heterocycles. The van der Waals surface area contributed by atoms with Crippen molar-refractivity contribution in [1.29, 1.82) is 0 Å². The molecule has 1 rings (SSSR count). The zero-order valence-corrected chi connectivity index (χ0v) is 11.6. The number of methoxy groups -OCH3 is 1. The largest absolute Gasteiger partial charge is 0.469 e. The smallest absolute Gasteiger partial charge is 0.307 e. The lowest BCUT2D eigenvalue weighted by atomic mass is 10.2. The first kappa shape index (κ1) is 14.8. The zero-order chi connectivity index (χ0) is 13.7. The van der Waals surface area contributed by atoms with Gasteiger partial charge in [-0.2, -0.15) is 0 Å². The number of hydrogen-bond donors (Lipinski definition) is 0. The molecule has 0 spiro atoms. The van der Waals surface area contributed by atoms with Crippen LogP contribution in [0.5, 0.6) is 0 Å². The van der Waals surface area contributed by atoms with Gasteiger partial charge in [0.1, 0.15) is 0 Å². The molecular weight excluding hydrogens is 277 g/mol. The van der Waals surface area contributed by atoms with Crippen LogP contribution in [0, 0.1) is 0 Å². The van der Waals surface area contributed by atoms with Gasteiger partial charge in [-0.15, -0.1) is 0 Å². The number of amides is 1. The average molecular weight is 290 g/mol. The summed E-state index contributed by atoms with van der Waals surface area (Å²) in [5.41, 5.74) is 0.355. The van der Waals surface area contributed by atoms with Crippen LogP contribution in [-0.2, 0) is 9.53 Å². The Morgan fingerprint density at radius 3 is 2.56 bits per heavy atom. The molecule has 0 aromatic heterocycles. The van der Waals surface area contributed by atoms with E-state index in [-0.39, 0.29) is 29.9 Å². The molecule has 0 bridgehead atoms. The monoisotopic (exact) mass is 289 g/mol. The van der Waals surface area contributed by atoms with E-state index < -0.39 is 0 Å². The molecule has 1 aromatic rings. The van der Waals surface area contributed by atoms with Crippen LogP contribution in [0.1, 0.15) is 16.8 Å². The standard InChI is InChI=1S/C12H13Cl2NO3/c1-15(6-5-11(16)18-2)12(17)9-4-3-8(13)7-10(9)14/h3-4,7H,5-6H2,1-2H3. The van der Waals surface area contributed by atoms with Crippen molar-refractivity contribution < 1.29 is 14.3 Å². The highest BCUT2D eigenvalue weighted by molar-refractivity contribution is 6.36. The lowest BCUT2D eigenvalue weighted by Gasteiger charge is -2.17. The second-order valence-corrected chi connectivity index (χ2v) is 4.52. The predicted octanol–water partition coefficient (Wildman–Crippen LogP) is 2.63. The van der Waals surface area contributed by atoms with Gasteiger partial charge >= 0.3 is 5.97 Å². The van der Waals surface area contributed by atoms with Crippen LogP contribution in [0.4, 0.5) is 0 Å². The molecule has 0 aliphatic carbocycles. The van der Waals surface area contributed by atoms with Gasteiger partial charge in [0.25, 0.3) is 5.91 Å². The molecule has 1 aromatic carbocycles. The van der Waals surface area contributed by atoms with Gasteiger partial charge in [0.05, 0.1) is 24.1 Å². The van der Waals surface area contributed by atoms with Crippen LogP contribution in [0.25, 0.3) is 0 Å². The Labute approximate surface area is 115 Å². The minimum absolute atomic E-state index is 0.143. The summed E-state index contributed by atoms with van der Waals surface area (Å²) in [6.07, 6.45) is 0.143. The van der Waals surface area contributed by atoms with Crippen molar-refractivity contribution in [3.05, 3.63) is 33.8 Å². The molecule has 0 radical (unpaired) electrons. The molecule has 0 heterocycles. The normalized spacial score (nSPS) is 10.0. The van der Waals surface area contributed by atoms with E-state index in [1.165, 1.54) is 18.1 Å². The summed E-state index contributed by atoms with van der Waals surface area (Å²) >= 11 is 11.7. The minimum Gasteiger partial charge on any atom is -0.469 e. The molecule has 4 nitrogen and oxygen atoms in total. The van der Waals surface area contributed by atoms with Crippen molar-refractivity contribution in [1.82, 2.24) is 4.90 Å². The van der Waals surface area contributed by atoms with Crippen LogP contribution in [0.3, 0.4) is 0 Å². The summed E-state index contributed by atoms with van der Waals surface area (Å²) in [6, 6.07) is 4.65. The fourth-order valence-corrected chi connectivity index (χ4v) is 1.82. The Bertz CT molecular complexity index is 463. The van der Waals surface area contributed by atoms with Gasteiger partial charge in [0, 0.05) is 18.6 Å². The highest BCUT2D eigenvalue weighted by Crippen LogP contribution is 2.22. The molecule has 0 atom stereocenters. The number of esters is 1. The van der Waals surface area contributed by atoms with E-state index >= 15 is 0 Å². The molecule has 0 aliphatic rings. The lowest BCUT2D eigenvalue weighted by Crippen LogP contribution is -2.29. The molecule has 0 unspecified atom stereocenters. The third-order valence-corrected chi connectivity index (χ3v) is 2.94. The predicted molar refractivity (Wildman–Crippen MR) is 70.1 cm³/mol. The zero-order valence-electron chi connectivity index (χ0n) is 10.1.